The first-order valence-corrected chi connectivity index (χ1v) is 6.43. The number of aliphatic carboxylic acids is 1. The fourth-order valence-corrected chi connectivity index (χ4v) is 1.96. The molecule has 1 saturated heterocycles. The molecule has 7 heteroatoms. The van der Waals surface area contributed by atoms with Gasteiger partial charge in [0.25, 0.3) is 0 Å². The summed E-state index contributed by atoms with van der Waals surface area (Å²) in [6.07, 6.45) is 0.965. The second-order valence-corrected chi connectivity index (χ2v) is 4.56. The van der Waals surface area contributed by atoms with Gasteiger partial charge in [0.2, 0.25) is 5.91 Å². The SMILES string of the molecule is CCCNC1COCC1C(=O)NC(COC)C(=O)O. The van der Waals surface area contributed by atoms with Crippen molar-refractivity contribution in [3.05, 3.63) is 0 Å². The summed E-state index contributed by atoms with van der Waals surface area (Å²) in [7, 11) is 1.40. The third kappa shape index (κ3) is 4.77. The molecule has 1 heterocycles. The number of amides is 1. The van der Waals surface area contributed by atoms with Gasteiger partial charge in [0.1, 0.15) is 0 Å². The van der Waals surface area contributed by atoms with Gasteiger partial charge in [-0.15, -0.1) is 0 Å². The highest BCUT2D eigenvalue weighted by molar-refractivity contribution is 5.85. The Labute approximate surface area is 112 Å². The van der Waals surface area contributed by atoms with E-state index in [4.69, 9.17) is 14.6 Å². The van der Waals surface area contributed by atoms with E-state index in [2.05, 4.69) is 10.6 Å². The molecule has 0 aromatic rings. The number of carbonyl (C=O) groups is 2. The maximum absolute atomic E-state index is 12.1. The predicted molar refractivity (Wildman–Crippen MR) is 67.8 cm³/mol. The van der Waals surface area contributed by atoms with Crippen LogP contribution in [0.3, 0.4) is 0 Å². The third-order valence-electron chi connectivity index (χ3n) is 3.02. The molecule has 0 aromatic heterocycles. The molecule has 3 atom stereocenters. The molecule has 0 saturated carbocycles. The Hall–Kier alpha value is -1.18. The van der Waals surface area contributed by atoms with Crippen molar-refractivity contribution >= 4 is 11.9 Å². The Bertz CT molecular complexity index is 310. The van der Waals surface area contributed by atoms with E-state index < -0.39 is 12.0 Å². The summed E-state index contributed by atoms with van der Waals surface area (Å²) >= 11 is 0. The summed E-state index contributed by atoms with van der Waals surface area (Å²) in [5.41, 5.74) is 0. The van der Waals surface area contributed by atoms with Gasteiger partial charge in [-0.25, -0.2) is 4.79 Å². The summed E-state index contributed by atoms with van der Waals surface area (Å²) in [4.78, 5) is 23.0. The molecule has 0 aliphatic carbocycles. The molecule has 110 valence electrons. The van der Waals surface area contributed by atoms with Crippen LogP contribution in [0.4, 0.5) is 0 Å². The van der Waals surface area contributed by atoms with Crippen LogP contribution in [0.1, 0.15) is 13.3 Å². The minimum Gasteiger partial charge on any atom is -0.480 e. The summed E-state index contributed by atoms with van der Waals surface area (Å²) < 4.78 is 10.1. The van der Waals surface area contributed by atoms with Crippen LogP contribution in [-0.4, -0.2) is 62.5 Å². The van der Waals surface area contributed by atoms with Crippen molar-refractivity contribution < 1.29 is 24.2 Å². The lowest BCUT2D eigenvalue weighted by molar-refractivity contribution is -0.144. The zero-order valence-corrected chi connectivity index (χ0v) is 11.3. The smallest absolute Gasteiger partial charge is 0.328 e. The number of nitrogens with one attached hydrogen (secondary N) is 2. The van der Waals surface area contributed by atoms with E-state index in [-0.39, 0.29) is 24.5 Å². The van der Waals surface area contributed by atoms with Crippen molar-refractivity contribution in [2.75, 3.05) is 33.5 Å². The highest BCUT2D eigenvalue weighted by Gasteiger charge is 2.35. The van der Waals surface area contributed by atoms with E-state index in [0.717, 1.165) is 13.0 Å². The van der Waals surface area contributed by atoms with Gasteiger partial charge in [-0.05, 0) is 13.0 Å². The van der Waals surface area contributed by atoms with E-state index in [1.807, 2.05) is 6.92 Å². The van der Waals surface area contributed by atoms with Crippen LogP contribution >= 0.6 is 0 Å². The minimum absolute atomic E-state index is 0.0539. The molecular weight excluding hydrogens is 252 g/mol. The molecule has 1 aliphatic heterocycles. The standard InChI is InChI=1S/C12H22N2O5/c1-3-4-13-9-7-19-5-8(9)11(15)14-10(6-18-2)12(16)17/h8-10,13H,3-7H2,1-2H3,(H,14,15)(H,16,17). The monoisotopic (exact) mass is 274 g/mol. The van der Waals surface area contributed by atoms with E-state index >= 15 is 0 Å². The Kier molecular flexibility index (Phi) is 6.75. The van der Waals surface area contributed by atoms with Crippen LogP contribution in [0.15, 0.2) is 0 Å². The van der Waals surface area contributed by atoms with E-state index in [0.29, 0.717) is 13.2 Å². The average Bonchev–Trinajstić information content (AvgIpc) is 2.83. The second kappa shape index (κ2) is 8.08. The number of hydrogen-bond acceptors (Lipinski definition) is 5. The molecule has 0 radical (unpaired) electrons. The molecular formula is C12H22N2O5. The summed E-state index contributed by atoms with van der Waals surface area (Å²) in [6, 6.07) is -1.08. The van der Waals surface area contributed by atoms with Crippen LogP contribution in [0.25, 0.3) is 0 Å². The summed E-state index contributed by atoms with van der Waals surface area (Å²) in [6.45, 7) is 3.57. The van der Waals surface area contributed by atoms with Gasteiger partial charge >= 0.3 is 5.97 Å². The number of rotatable bonds is 8. The molecule has 7 nitrogen and oxygen atoms in total. The molecule has 1 aliphatic rings. The van der Waals surface area contributed by atoms with E-state index in [1.165, 1.54) is 7.11 Å². The first-order valence-electron chi connectivity index (χ1n) is 6.43. The van der Waals surface area contributed by atoms with Crippen molar-refractivity contribution in [1.82, 2.24) is 10.6 Å². The van der Waals surface area contributed by atoms with Gasteiger partial charge in [-0.2, -0.15) is 0 Å². The predicted octanol–water partition coefficient (Wildman–Crippen LogP) is -0.783. The van der Waals surface area contributed by atoms with Gasteiger partial charge in [0, 0.05) is 13.2 Å². The van der Waals surface area contributed by atoms with Crippen molar-refractivity contribution in [3.8, 4) is 0 Å². The molecule has 1 fully saturated rings. The number of hydrogen-bond donors (Lipinski definition) is 3. The van der Waals surface area contributed by atoms with Crippen LogP contribution in [0.5, 0.6) is 0 Å². The van der Waals surface area contributed by atoms with Crippen LogP contribution in [-0.2, 0) is 19.1 Å². The number of carboxylic acids is 1. The van der Waals surface area contributed by atoms with Gasteiger partial charge in [-0.3, -0.25) is 4.79 Å². The normalized spacial score (nSPS) is 24.1. The molecule has 0 bridgehead atoms. The number of carbonyl (C=O) groups excluding carboxylic acids is 1. The molecule has 3 unspecified atom stereocenters. The molecule has 1 amide bonds. The molecule has 0 aromatic carbocycles. The maximum Gasteiger partial charge on any atom is 0.328 e. The minimum atomic E-state index is -1.10. The lowest BCUT2D eigenvalue weighted by Gasteiger charge is -2.20. The summed E-state index contributed by atoms with van der Waals surface area (Å²) in [5, 5.41) is 14.7. The average molecular weight is 274 g/mol. The topological polar surface area (TPSA) is 96.9 Å². The zero-order valence-electron chi connectivity index (χ0n) is 11.3. The number of carboxylic acid groups (broad SMARTS) is 1. The van der Waals surface area contributed by atoms with E-state index in [1.54, 1.807) is 0 Å². The highest BCUT2D eigenvalue weighted by atomic mass is 16.5. The fraction of sp³-hybridized carbons (Fsp3) is 0.833. The summed E-state index contributed by atoms with van der Waals surface area (Å²) in [5.74, 6) is -1.77. The van der Waals surface area contributed by atoms with Crippen LogP contribution in [0.2, 0.25) is 0 Å². The first kappa shape index (κ1) is 15.9. The quantitative estimate of drug-likeness (QED) is 0.537. The molecule has 1 rings (SSSR count). The number of methoxy groups -OCH3 is 1. The Morgan fingerprint density at radius 3 is 2.79 bits per heavy atom. The van der Waals surface area contributed by atoms with Crippen molar-refractivity contribution in [2.24, 2.45) is 5.92 Å². The van der Waals surface area contributed by atoms with Gasteiger partial charge < -0.3 is 25.2 Å². The van der Waals surface area contributed by atoms with Crippen molar-refractivity contribution in [3.63, 3.8) is 0 Å². The van der Waals surface area contributed by atoms with Gasteiger partial charge in [-0.1, -0.05) is 6.92 Å². The first-order chi connectivity index (χ1) is 9.10. The van der Waals surface area contributed by atoms with Crippen LogP contribution < -0.4 is 10.6 Å². The second-order valence-electron chi connectivity index (χ2n) is 4.56. The Morgan fingerprint density at radius 1 is 1.47 bits per heavy atom. The van der Waals surface area contributed by atoms with Crippen LogP contribution in [0, 0.1) is 5.92 Å². The molecule has 0 spiro atoms. The van der Waals surface area contributed by atoms with E-state index in [9.17, 15) is 9.59 Å². The lowest BCUT2D eigenvalue weighted by atomic mass is 10.0. The third-order valence-corrected chi connectivity index (χ3v) is 3.02. The highest BCUT2D eigenvalue weighted by Crippen LogP contribution is 2.14. The van der Waals surface area contributed by atoms with Gasteiger partial charge in [0.05, 0.1) is 25.7 Å². The van der Waals surface area contributed by atoms with Crippen molar-refractivity contribution in [2.45, 2.75) is 25.4 Å². The fourth-order valence-electron chi connectivity index (χ4n) is 1.96. The maximum atomic E-state index is 12.1. The largest absolute Gasteiger partial charge is 0.480 e. The Balaban J connectivity index is 2.52. The number of ether oxygens (including phenoxy) is 2. The zero-order chi connectivity index (χ0) is 14.3. The van der Waals surface area contributed by atoms with Crippen molar-refractivity contribution in [1.29, 1.82) is 0 Å². The molecule has 3 N–H and O–H groups in total. The molecule has 19 heavy (non-hydrogen) atoms. The lowest BCUT2D eigenvalue weighted by Crippen LogP contribution is -2.50. The van der Waals surface area contributed by atoms with Gasteiger partial charge in [0.15, 0.2) is 6.04 Å². The Morgan fingerprint density at radius 2 is 2.21 bits per heavy atom.